The molecule has 0 bridgehead atoms. The summed E-state index contributed by atoms with van der Waals surface area (Å²) in [6.07, 6.45) is 2.59. The van der Waals surface area contributed by atoms with E-state index in [1.54, 1.807) is 6.20 Å². The molecule has 1 N–H and O–H groups in total. The molecule has 1 amide bonds. The predicted octanol–water partition coefficient (Wildman–Crippen LogP) is 3.12. The number of carbonyl (C=O) groups excluding carboxylic acids is 1. The van der Waals surface area contributed by atoms with Crippen LogP contribution in [0, 0.1) is 0 Å². The Morgan fingerprint density at radius 1 is 1.37 bits per heavy atom. The number of nitrogens with one attached hydrogen (secondary N) is 1. The average molecular weight is 293 g/mol. The van der Waals surface area contributed by atoms with Crippen molar-refractivity contribution in [3.8, 4) is 0 Å². The van der Waals surface area contributed by atoms with Crippen molar-refractivity contribution >= 4 is 40.0 Å². The van der Waals surface area contributed by atoms with Crippen LogP contribution in [0.5, 0.6) is 0 Å². The van der Waals surface area contributed by atoms with E-state index in [1.165, 1.54) is 0 Å². The number of carbonyl (C=O) groups is 1. The van der Waals surface area contributed by atoms with Gasteiger partial charge in [0.15, 0.2) is 0 Å². The maximum absolute atomic E-state index is 12.3. The summed E-state index contributed by atoms with van der Waals surface area (Å²) in [5, 5.41) is 5.17. The molecule has 1 saturated heterocycles. The van der Waals surface area contributed by atoms with Crippen molar-refractivity contribution in [1.82, 2.24) is 10.3 Å². The van der Waals surface area contributed by atoms with Crippen LogP contribution in [0.2, 0.25) is 5.15 Å². The summed E-state index contributed by atoms with van der Waals surface area (Å²) in [4.78, 5) is 16.4. The number of aromatic nitrogens is 1. The second-order valence-corrected chi connectivity index (χ2v) is 6.05. The van der Waals surface area contributed by atoms with Gasteiger partial charge in [-0.2, -0.15) is 11.8 Å². The Labute approximate surface area is 120 Å². The molecule has 3 nitrogen and oxygen atoms in total. The van der Waals surface area contributed by atoms with Crippen LogP contribution in [-0.4, -0.2) is 28.4 Å². The molecular formula is C14H13ClN2OS. The summed E-state index contributed by atoms with van der Waals surface area (Å²) in [7, 11) is 0. The highest BCUT2D eigenvalue weighted by molar-refractivity contribution is 7.99. The van der Waals surface area contributed by atoms with Gasteiger partial charge >= 0.3 is 0 Å². The van der Waals surface area contributed by atoms with Crippen molar-refractivity contribution < 1.29 is 4.79 Å². The summed E-state index contributed by atoms with van der Waals surface area (Å²) in [5.74, 6) is 2.04. The van der Waals surface area contributed by atoms with Crippen LogP contribution in [0.25, 0.3) is 10.8 Å². The van der Waals surface area contributed by atoms with Crippen LogP contribution >= 0.6 is 23.4 Å². The number of nitrogens with zero attached hydrogens (tertiary/aromatic N) is 1. The molecule has 1 aliphatic heterocycles. The number of fused-ring (bicyclic) bond motifs is 1. The van der Waals surface area contributed by atoms with Crippen molar-refractivity contribution in [2.24, 2.45) is 0 Å². The van der Waals surface area contributed by atoms with Gasteiger partial charge in [0.25, 0.3) is 5.91 Å². The van der Waals surface area contributed by atoms with Gasteiger partial charge in [0.05, 0.1) is 5.56 Å². The first-order chi connectivity index (χ1) is 9.25. The van der Waals surface area contributed by atoms with Crippen LogP contribution < -0.4 is 5.32 Å². The quantitative estimate of drug-likeness (QED) is 0.865. The Hall–Kier alpha value is -1.26. The second-order valence-electron chi connectivity index (χ2n) is 4.54. The van der Waals surface area contributed by atoms with E-state index in [2.05, 4.69) is 10.3 Å². The Bertz CT molecular complexity index is 626. The third kappa shape index (κ3) is 2.55. The van der Waals surface area contributed by atoms with E-state index in [4.69, 9.17) is 11.6 Å². The highest BCUT2D eigenvalue weighted by Crippen LogP contribution is 2.24. The summed E-state index contributed by atoms with van der Waals surface area (Å²) < 4.78 is 0. The number of hydrogen-bond acceptors (Lipinski definition) is 3. The number of amides is 1. The number of rotatable bonds is 2. The van der Waals surface area contributed by atoms with Crippen LogP contribution in [-0.2, 0) is 0 Å². The molecule has 1 aliphatic rings. The summed E-state index contributed by atoms with van der Waals surface area (Å²) in [5.41, 5.74) is 0.594. The molecular weight excluding hydrogens is 280 g/mol. The zero-order chi connectivity index (χ0) is 13.2. The first-order valence-corrected chi connectivity index (χ1v) is 7.71. The van der Waals surface area contributed by atoms with E-state index in [0.717, 1.165) is 28.7 Å². The van der Waals surface area contributed by atoms with Gasteiger partial charge in [-0.05, 0) is 17.6 Å². The molecule has 2 heterocycles. The molecule has 19 heavy (non-hydrogen) atoms. The van der Waals surface area contributed by atoms with Gasteiger partial charge in [-0.3, -0.25) is 4.79 Å². The highest BCUT2D eigenvalue weighted by Gasteiger charge is 2.20. The maximum Gasteiger partial charge on any atom is 0.253 e. The molecule has 1 atom stereocenters. The molecule has 2 aromatic rings. The highest BCUT2D eigenvalue weighted by atomic mass is 35.5. The van der Waals surface area contributed by atoms with Crippen molar-refractivity contribution in [2.45, 2.75) is 12.5 Å². The van der Waals surface area contributed by atoms with Crippen LogP contribution in [0.3, 0.4) is 0 Å². The molecule has 1 aromatic heterocycles. The largest absolute Gasteiger partial charge is 0.348 e. The van der Waals surface area contributed by atoms with Gasteiger partial charge < -0.3 is 5.32 Å². The fourth-order valence-corrected chi connectivity index (χ4v) is 3.62. The number of pyridine rings is 1. The van der Waals surface area contributed by atoms with Crippen molar-refractivity contribution in [3.63, 3.8) is 0 Å². The van der Waals surface area contributed by atoms with E-state index in [9.17, 15) is 4.79 Å². The van der Waals surface area contributed by atoms with Crippen molar-refractivity contribution in [2.75, 3.05) is 11.5 Å². The smallest absolute Gasteiger partial charge is 0.253 e. The second kappa shape index (κ2) is 5.39. The average Bonchev–Trinajstić information content (AvgIpc) is 2.92. The molecule has 0 spiro atoms. The molecule has 0 saturated carbocycles. The summed E-state index contributed by atoms with van der Waals surface area (Å²) in [6, 6.07) is 7.85. The Balaban J connectivity index is 1.95. The molecule has 0 radical (unpaired) electrons. The lowest BCUT2D eigenvalue weighted by atomic mass is 10.1. The molecule has 1 fully saturated rings. The number of thioether (sulfide) groups is 1. The van der Waals surface area contributed by atoms with E-state index in [1.807, 2.05) is 36.0 Å². The molecule has 1 unspecified atom stereocenters. The Morgan fingerprint density at radius 2 is 2.16 bits per heavy atom. The van der Waals surface area contributed by atoms with Gasteiger partial charge in [0.1, 0.15) is 5.15 Å². The monoisotopic (exact) mass is 292 g/mol. The van der Waals surface area contributed by atoms with E-state index in [0.29, 0.717) is 10.7 Å². The lowest BCUT2D eigenvalue weighted by Crippen LogP contribution is -2.34. The fraction of sp³-hybridized carbons (Fsp3) is 0.286. The first kappa shape index (κ1) is 12.8. The minimum Gasteiger partial charge on any atom is -0.348 e. The maximum atomic E-state index is 12.3. The van der Waals surface area contributed by atoms with E-state index < -0.39 is 0 Å². The fourth-order valence-electron chi connectivity index (χ4n) is 2.25. The standard InChI is InChI=1S/C14H13ClN2OS/c15-13-11-4-2-1-3-10(11)12(7-16-13)14(18)17-9-5-6-19-8-9/h1-4,7,9H,5-6,8H2,(H,17,18). The molecule has 98 valence electrons. The van der Waals surface area contributed by atoms with Crippen molar-refractivity contribution in [3.05, 3.63) is 41.2 Å². The van der Waals surface area contributed by atoms with Gasteiger partial charge in [-0.15, -0.1) is 0 Å². The lowest BCUT2D eigenvalue weighted by molar-refractivity contribution is 0.0942. The molecule has 0 aliphatic carbocycles. The molecule has 1 aromatic carbocycles. The van der Waals surface area contributed by atoms with Gasteiger partial charge in [-0.1, -0.05) is 35.9 Å². The van der Waals surface area contributed by atoms with Gasteiger partial charge in [-0.25, -0.2) is 4.98 Å². The topological polar surface area (TPSA) is 42.0 Å². The minimum atomic E-state index is -0.0622. The van der Waals surface area contributed by atoms with Gasteiger partial charge in [0.2, 0.25) is 0 Å². The zero-order valence-corrected chi connectivity index (χ0v) is 11.8. The van der Waals surface area contributed by atoms with Crippen LogP contribution in [0.4, 0.5) is 0 Å². The number of benzene rings is 1. The minimum absolute atomic E-state index is 0.0622. The van der Waals surface area contributed by atoms with Crippen LogP contribution in [0.1, 0.15) is 16.8 Å². The molecule has 5 heteroatoms. The molecule has 3 rings (SSSR count). The zero-order valence-electron chi connectivity index (χ0n) is 10.2. The lowest BCUT2D eigenvalue weighted by Gasteiger charge is -2.12. The first-order valence-electron chi connectivity index (χ1n) is 6.17. The van der Waals surface area contributed by atoms with Gasteiger partial charge in [0, 0.05) is 23.4 Å². The number of hydrogen-bond donors (Lipinski definition) is 1. The Morgan fingerprint density at radius 3 is 2.89 bits per heavy atom. The van der Waals surface area contributed by atoms with Crippen molar-refractivity contribution in [1.29, 1.82) is 0 Å². The predicted molar refractivity (Wildman–Crippen MR) is 79.9 cm³/mol. The van der Waals surface area contributed by atoms with E-state index >= 15 is 0 Å². The normalized spacial score (nSPS) is 18.7. The SMILES string of the molecule is O=C(NC1CCSC1)c1cnc(Cl)c2ccccc12. The Kier molecular flexibility index (Phi) is 3.62. The van der Waals surface area contributed by atoms with E-state index in [-0.39, 0.29) is 11.9 Å². The van der Waals surface area contributed by atoms with Crippen LogP contribution in [0.15, 0.2) is 30.5 Å². The third-order valence-corrected chi connectivity index (χ3v) is 4.72. The third-order valence-electron chi connectivity index (χ3n) is 3.26. The summed E-state index contributed by atoms with van der Waals surface area (Å²) >= 11 is 7.93. The summed E-state index contributed by atoms with van der Waals surface area (Å²) in [6.45, 7) is 0. The number of halogens is 1.